The van der Waals surface area contributed by atoms with Crippen molar-refractivity contribution in [2.45, 2.75) is 12.0 Å². The van der Waals surface area contributed by atoms with E-state index < -0.39 is 18.6 Å². The summed E-state index contributed by atoms with van der Waals surface area (Å²) in [6.07, 6.45) is 0. The number of alkyl halides is 2. The third-order valence-corrected chi connectivity index (χ3v) is 1.95. The van der Waals surface area contributed by atoms with Gasteiger partial charge in [-0.3, -0.25) is 0 Å². The van der Waals surface area contributed by atoms with Crippen LogP contribution in [0.1, 0.15) is 11.6 Å². The van der Waals surface area contributed by atoms with Crippen molar-refractivity contribution in [1.29, 1.82) is 0 Å². The van der Waals surface area contributed by atoms with Crippen LogP contribution in [0.4, 0.5) is 8.78 Å². The zero-order chi connectivity index (χ0) is 11.6. The standard InChI is InChI=1S/C9H11F2NO3/c10-9(11,4-13)8(12)5-1-6(14)3-7(15)2-5/h1-3,8,13-15H,4,12H2/t8-/m1/s1. The van der Waals surface area contributed by atoms with E-state index in [9.17, 15) is 8.78 Å². The monoisotopic (exact) mass is 219 g/mol. The SMILES string of the molecule is N[C@H](c1cc(O)cc(O)c1)C(F)(F)CO. The highest BCUT2D eigenvalue weighted by Gasteiger charge is 2.37. The maximum atomic E-state index is 13.0. The summed E-state index contributed by atoms with van der Waals surface area (Å²) in [5.41, 5.74) is 5.04. The van der Waals surface area contributed by atoms with Gasteiger partial charge < -0.3 is 21.1 Å². The lowest BCUT2D eigenvalue weighted by Crippen LogP contribution is -2.36. The van der Waals surface area contributed by atoms with Crippen LogP contribution < -0.4 is 5.73 Å². The zero-order valence-electron chi connectivity index (χ0n) is 7.69. The fraction of sp³-hybridized carbons (Fsp3) is 0.333. The maximum Gasteiger partial charge on any atom is 0.289 e. The summed E-state index contributed by atoms with van der Waals surface area (Å²) in [5, 5.41) is 26.5. The van der Waals surface area contributed by atoms with Gasteiger partial charge in [0.05, 0.1) is 6.04 Å². The van der Waals surface area contributed by atoms with E-state index in [0.29, 0.717) is 0 Å². The normalized spacial score (nSPS) is 13.9. The number of aliphatic hydroxyl groups excluding tert-OH is 1. The van der Waals surface area contributed by atoms with E-state index in [-0.39, 0.29) is 17.1 Å². The Morgan fingerprint density at radius 1 is 1.20 bits per heavy atom. The Balaban J connectivity index is 3.06. The van der Waals surface area contributed by atoms with Crippen molar-refractivity contribution in [3.05, 3.63) is 23.8 Å². The third-order valence-electron chi connectivity index (χ3n) is 1.95. The highest BCUT2D eigenvalue weighted by Crippen LogP contribution is 2.32. The van der Waals surface area contributed by atoms with Crippen LogP contribution >= 0.6 is 0 Å². The lowest BCUT2D eigenvalue weighted by atomic mass is 10.0. The van der Waals surface area contributed by atoms with Crippen LogP contribution in [-0.2, 0) is 0 Å². The minimum absolute atomic E-state index is 0.147. The number of phenols is 2. The quantitative estimate of drug-likeness (QED) is 0.603. The molecule has 0 fully saturated rings. The van der Waals surface area contributed by atoms with Gasteiger partial charge in [0.25, 0.3) is 5.92 Å². The third kappa shape index (κ3) is 2.54. The molecular weight excluding hydrogens is 208 g/mol. The van der Waals surface area contributed by atoms with Crippen LogP contribution in [-0.4, -0.2) is 27.8 Å². The minimum atomic E-state index is -3.50. The molecule has 4 nitrogen and oxygen atoms in total. The van der Waals surface area contributed by atoms with Crippen LogP contribution in [0.3, 0.4) is 0 Å². The first kappa shape index (κ1) is 11.7. The number of halogens is 2. The molecule has 0 aliphatic heterocycles. The van der Waals surface area contributed by atoms with Gasteiger partial charge in [0.2, 0.25) is 0 Å². The van der Waals surface area contributed by atoms with Crippen molar-refractivity contribution < 1.29 is 24.1 Å². The molecule has 0 amide bonds. The highest BCUT2D eigenvalue weighted by molar-refractivity contribution is 5.38. The number of aromatic hydroxyl groups is 2. The molecule has 5 N–H and O–H groups in total. The van der Waals surface area contributed by atoms with Crippen LogP contribution in [0.25, 0.3) is 0 Å². The molecule has 1 aromatic carbocycles. The minimum Gasteiger partial charge on any atom is -0.508 e. The van der Waals surface area contributed by atoms with Gasteiger partial charge in [0.15, 0.2) is 0 Å². The molecule has 6 heteroatoms. The Bertz CT molecular complexity index is 337. The van der Waals surface area contributed by atoms with Gasteiger partial charge in [-0.15, -0.1) is 0 Å². The van der Waals surface area contributed by atoms with Crippen LogP contribution in [0, 0.1) is 0 Å². The summed E-state index contributed by atoms with van der Waals surface area (Å²) in [6.45, 7) is -1.40. The van der Waals surface area contributed by atoms with Gasteiger partial charge in [0.1, 0.15) is 18.1 Å². The Hall–Kier alpha value is -1.40. The number of nitrogens with two attached hydrogens (primary N) is 1. The first-order chi connectivity index (χ1) is 6.86. The van der Waals surface area contributed by atoms with Crippen molar-refractivity contribution in [3.8, 4) is 11.5 Å². The molecule has 0 radical (unpaired) electrons. The zero-order valence-corrected chi connectivity index (χ0v) is 7.69. The number of hydrogen-bond donors (Lipinski definition) is 4. The number of rotatable bonds is 3. The number of benzene rings is 1. The van der Waals surface area contributed by atoms with Gasteiger partial charge in [-0.2, -0.15) is 0 Å². The first-order valence-electron chi connectivity index (χ1n) is 4.14. The molecule has 0 aliphatic rings. The van der Waals surface area contributed by atoms with Gasteiger partial charge in [-0.1, -0.05) is 0 Å². The molecule has 0 saturated carbocycles. The second-order valence-corrected chi connectivity index (χ2v) is 3.18. The Morgan fingerprint density at radius 3 is 2.07 bits per heavy atom. The number of hydrogen-bond acceptors (Lipinski definition) is 4. The summed E-state index contributed by atoms with van der Waals surface area (Å²) in [4.78, 5) is 0. The average molecular weight is 219 g/mol. The van der Waals surface area contributed by atoms with Crippen molar-refractivity contribution >= 4 is 0 Å². The highest BCUT2D eigenvalue weighted by atomic mass is 19.3. The van der Waals surface area contributed by atoms with E-state index in [2.05, 4.69) is 0 Å². The largest absolute Gasteiger partial charge is 0.508 e. The van der Waals surface area contributed by atoms with Gasteiger partial charge in [0, 0.05) is 6.07 Å². The molecular formula is C9H11F2NO3. The molecule has 1 atom stereocenters. The molecule has 0 bridgehead atoms. The Kier molecular flexibility index (Phi) is 3.11. The van der Waals surface area contributed by atoms with E-state index in [1.54, 1.807) is 0 Å². The molecule has 0 unspecified atom stereocenters. The topological polar surface area (TPSA) is 86.7 Å². The molecule has 0 aliphatic carbocycles. The molecule has 0 saturated heterocycles. The second-order valence-electron chi connectivity index (χ2n) is 3.18. The summed E-state index contributed by atoms with van der Waals surface area (Å²) >= 11 is 0. The Morgan fingerprint density at radius 2 is 1.67 bits per heavy atom. The molecule has 0 spiro atoms. The van der Waals surface area contributed by atoms with Crippen molar-refractivity contribution in [1.82, 2.24) is 0 Å². The van der Waals surface area contributed by atoms with Crippen LogP contribution in [0.5, 0.6) is 11.5 Å². The predicted molar refractivity (Wildman–Crippen MR) is 48.7 cm³/mol. The van der Waals surface area contributed by atoms with Gasteiger partial charge in [-0.25, -0.2) is 8.78 Å². The summed E-state index contributed by atoms with van der Waals surface area (Å²) in [6, 6.07) is 1.23. The van der Waals surface area contributed by atoms with E-state index >= 15 is 0 Å². The second kappa shape index (κ2) is 4.00. The summed E-state index contributed by atoms with van der Waals surface area (Å²) < 4.78 is 25.9. The van der Waals surface area contributed by atoms with E-state index in [4.69, 9.17) is 21.1 Å². The molecule has 84 valence electrons. The smallest absolute Gasteiger partial charge is 0.289 e. The fourth-order valence-corrected chi connectivity index (χ4v) is 1.14. The van der Waals surface area contributed by atoms with E-state index in [1.807, 2.05) is 0 Å². The predicted octanol–water partition coefficient (Wildman–Crippen LogP) is 0.725. The molecule has 0 aromatic heterocycles. The average Bonchev–Trinajstić information content (AvgIpc) is 2.15. The number of aliphatic hydroxyl groups is 1. The maximum absolute atomic E-state index is 13.0. The van der Waals surface area contributed by atoms with E-state index in [0.717, 1.165) is 18.2 Å². The van der Waals surface area contributed by atoms with E-state index in [1.165, 1.54) is 0 Å². The lowest BCUT2D eigenvalue weighted by Gasteiger charge is -2.21. The van der Waals surface area contributed by atoms with Crippen LogP contribution in [0.2, 0.25) is 0 Å². The summed E-state index contributed by atoms with van der Waals surface area (Å²) in [7, 11) is 0. The molecule has 1 rings (SSSR count). The molecule has 0 heterocycles. The number of phenolic OH excluding ortho intramolecular Hbond substituents is 2. The van der Waals surface area contributed by atoms with Crippen molar-refractivity contribution in [2.75, 3.05) is 6.61 Å². The van der Waals surface area contributed by atoms with Crippen molar-refractivity contribution in [3.63, 3.8) is 0 Å². The Labute approximate surface area is 84.6 Å². The first-order valence-corrected chi connectivity index (χ1v) is 4.14. The van der Waals surface area contributed by atoms with Crippen LogP contribution in [0.15, 0.2) is 18.2 Å². The molecule has 1 aromatic rings. The van der Waals surface area contributed by atoms with Gasteiger partial charge >= 0.3 is 0 Å². The van der Waals surface area contributed by atoms with Gasteiger partial charge in [-0.05, 0) is 17.7 Å². The lowest BCUT2D eigenvalue weighted by molar-refractivity contribution is -0.0712. The molecule has 15 heavy (non-hydrogen) atoms. The summed E-state index contributed by atoms with van der Waals surface area (Å²) in [5.74, 6) is -4.23. The fourth-order valence-electron chi connectivity index (χ4n) is 1.14. The van der Waals surface area contributed by atoms with Crippen molar-refractivity contribution in [2.24, 2.45) is 5.73 Å².